The van der Waals surface area contributed by atoms with Crippen LogP contribution in [0.4, 0.5) is 0 Å². The number of hydrogen-bond donors (Lipinski definition) is 1. The van der Waals surface area contributed by atoms with Gasteiger partial charge in [-0.2, -0.15) is 0 Å². The molecule has 8 heteroatoms. The molecule has 1 spiro atoms. The van der Waals surface area contributed by atoms with Crippen molar-refractivity contribution in [3.05, 3.63) is 119 Å². The normalized spacial score (nSPS) is 17.0. The first kappa shape index (κ1) is 40.0. The fraction of sp³-hybridized carbons (Fsp3) is 0.444. The van der Waals surface area contributed by atoms with E-state index in [1.807, 2.05) is 18.2 Å². The van der Waals surface area contributed by atoms with Crippen molar-refractivity contribution in [3.8, 4) is 23.0 Å². The lowest BCUT2D eigenvalue weighted by atomic mass is 9.68. The SMILES string of the molecule is COc1ccc(CC(=O)NCCCC(CCCN2CCCCC23CCc2cc(OC)c(OC)cc2C3)(c2ccccc2)c2ccccc2)cc1OC.Cl. The molecule has 1 unspecified atom stereocenters. The number of fused-ring (bicyclic) bond motifs is 1. The number of likely N-dealkylation sites (tertiary alicyclic amines) is 1. The molecular formula is C45H57ClN2O5. The van der Waals surface area contributed by atoms with Gasteiger partial charge in [0.25, 0.3) is 0 Å². The van der Waals surface area contributed by atoms with Gasteiger partial charge < -0.3 is 24.3 Å². The molecular weight excluding hydrogens is 684 g/mol. The third-order valence-electron chi connectivity index (χ3n) is 11.7. The number of nitrogens with one attached hydrogen (secondary N) is 1. The van der Waals surface area contributed by atoms with E-state index in [0.29, 0.717) is 24.5 Å². The number of hydrogen-bond acceptors (Lipinski definition) is 6. The van der Waals surface area contributed by atoms with Gasteiger partial charge in [-0.3, -0.25) is 9.69 Å². The van der Waals surface area contributed by atoms with Crippen LogP contribution >= 0.6 is 12.4 Å². The van der Waals surface area contributed by atoms with Crippen molar-refractivity contribution in [2.75, 3.05) is 48.1 Å². The van der Waals surface area contributed by atoms with Gasteiger partial charge in [0.1, 0.15) is 0 Å². The highest BCUT2D eigenvalue weighted by atomic mass is 35.5. The van der Waals surface area contributed by atoms with Crippen molar-refractivity contribution in [2.45, 2.75) is 81.6 Å². The predicted molar refractivity (Wildman–Crippen MR) is 215 cm³/mol. The predicted octanol–water partition coefficient (Wildman–Crippen LogP) is 8.76. The fourth-order valence-corrected chi connectivity index (χ4v) is 8.97. The molecule has 284 valence electrons. The van der Waals surface area contributed by atoms with Crippen molar-refractivity contribution < 1.29 is 23.7 Å². The van der Waals surface area contributed by atoms with Crippen LogP contribution in [-0.4, -0.2) is 64.4 Å². The van der Waals surface area contributed by atoms with Crippen molar-refractivity contribution in [1.29, 1.82) is 0 Å². The van der Waals surface area contributed by atoms with Gasteiger partial charge in [0.05, 0.1) is 34.9 Å². The number of amides is 1. The standard InChI is InChI=1S/C45H56N2O5.ClH/c1-49-39-20-19-34(29-40(39)50-2)30-43(48)46-26-13-23-45(37-15-7-5-8-16-37,38-17-9-6-10-18-38)24-14-28-47-27-12-11-22-44(47)25-21-35-31-41(51-3)42(52-4)32-36(35)33-44;/h5-10,15-20,29,31-32H,11-14,21-28,30,33H2,1-4H3,(H,46,48);1H. The summed E-state index contributed by atoms with van der Waals surface area (Å²) < 4.78 is 22.2. The summed E-state index contributed by atoms with van der Waals surface area (Å²) in [5, 5.41) is 3.21. The second-order valence-corrected chi connectivity index (χ2v) is 14.6. The Morgan fingerprint density at radius 1 is 0.717 bits per heavy atom. The van der Waals surface area contributed by atoms with E-state index in [9.17, 15) is 4.79 Å². The number of ether oxygens (including phenoxy) is 4. The summed E-state index contributed by atoms with van der Waals surface area (Å²) in [6.07, 6.45) is 11.3. The average Bonchev–Trinajstić information content (AvgIpc) is 3.19. The van der Waals surface area contributed by atoms with Gasteiger partial charge in [-0.15, -0.1) is 12.4 Å². The van der Waals surface area contributed by atoms with Gasteiger partial charge in [0.2, 0.25) is 5.91 Å². The number of halogens is 1. The number of methoxy groups -OCH3 is 4. The van der Waals surface area contributed by atoms with Gasteiger partial charge in [0, 0.05) is 17.5 Å². The van der Waals surface area contributed by atoms with Gasteiger partial charge >= 0.3 is 0 Å². The molecule has 1 fully saturated rings. The Hall–Kier alpha value is -4.20. The van der Waals surface area contributed by atoms with E-state index in [2.05, 4.69) is 83.0 Å². The molecule has 53 heavy (non-hydrogen) atoms. The molecule has 4 aromatic rings. The van der Waals surface area contributed by atoms with Gasteiger partial charge in [-0.1, -0.05) is 73.2 Å². The Labute approximate surface area is 322 Å². The number of benzene rings is 4. The van der Waals surface area contributed by atoms with Crippen LogP contribution in [0.2, 0.25) is 0 Å². The van der Waals surface area contributed by atoms with E-state index in [1.165, 1.54) is 47.9 Å². The minimum atomic E-state index is -0.164. The lowest BCUT2D eigenvalue weighted by Gasteiger charge is -2.50. The summed E-state index contributed by atoms with van der Waals surface area (Å²) in [6, 6.07) is 32.1. The smallest absolute Gasteiger partial charge is 0.224 e. The van der Waals surface area contributed by atoms with Crippen LogP contribution < -0.4 is 24.3 Å². The molecule has 1 aliphatic heterocycles. The second-order valence-electron chi connectivity index (χ2n) is 14.6. The molecule has 1 saturated heterocycles. The molecule has 1 atom stereocenters. The summed E-state index contributed by atoms with van der Waals surface area (Å²) in [6.45, 7) is 2.85. The second kappa shape index (κ2) is 18.7. The van der Waals surface area contributed by atoms with Crippen molar-refractivity contribution in [1.82, 2.24) is 10.2 Å². The molecule has 0 aromatic heterocycles. The molecule has 0 radical (unpaired) electrons. The van der Waals surface area contributed by atoms with Gasteiger partial charge in [0.15, 0.2) is 23.0 Å². The topological polar surface area (TPSA) is 69.3 Å². The van der Waals surface area contributed by atoms with Crippen LogP contribution in [0.5, 0.6) is 23.0 Å². The third kappa shape index (κ3) is 9.13. The van der Waals surface area contributed by atoms with E-state index in [1.54, 1.807) is 28.4 Å². The number of nitrogens with zero attached hydrogens (tertiary/aromatic N) is 1. The zero-order chi connectivity index (χ0) is 36.4. The Bertz CT molecular complexity index is 1730. The Balaban J connectivity index is 0.00000541. The quantitative estimate of drug-likeness (QED) is 0.116. The maximum atomic E-state index is 13.1. The van der Waals surface area contributed by atoms with E-state index >= 15 is 0 Å². The summed E-state index contributed by atoms with van der Waals surface area (Å²) in [7, 11) is 6.68. The molecule has 2 aliphatic rings. The maximum absolute atomic E-state index is 13.1. The Kier molecular flexibility index (Phi) is 14.1. The first-order valence-electron chi connectivity index (χ1n) is 19.0. The zero-order valence-corrected chi connectivity index (χ0v) is 32.8. The van der Waals surface area contributed by atoms with Crippen LogP contribution in [0.1, 0.15) is 79.2 Å². The van der Waals surface area contributed by atoms with Gasteiger partial charge in [-0.05, 0) is 123 Å². The van der Waals surface area contributed by atoms with E-state index in [4.69, 9.17) is 18.9 Å². The number of aryl methyl sites for hydroxylation is 1. The third-order valence-corrected chi connectivity index (χ3v) is 11.7. The average molecular weight is 741 g/mol. The van der Waals surface area contributed by atoms with Crippen molar-refractivity contribution in [2.24, 2.45) is 0 Å². The highest BCUT2D eigenvalue weighted by Gasteiger charge is 2.42. The van der Waals surface area contributed by atoms with Crippen LogP contribution in [-0.2, 0) is 29.5 Å². The molecule has 1 aliphatic carbocycles. The molecule has 4 aromatic carbocycles. The van der Waals surface area contributed by atoms with Crippen LogP contribution in [0.15, 0.2) is 91.0 Å². The van der Waals surface area contributed by atoms with Crippen LogP contribution in [0.25, 0.3) is 0 Å². The molecule has 6 rings (SSSR count). The number of rotatable bonds is 16. The summed E-state index contributed by atoms with van der Waals surface area (Å²) >= 11 is 0. The van der Waals surface area contributed by atoms with Crippen LogP contribution in [0, 0.1) is 0 Å². The highest BCUT2D eigenvalue weighted by molar-refractivity contribution is 5.85. The monoisotopic (exact) mass is 740 g/mol. The van der Waals surface area contributed by atoms with E-state index < -0.39 is 0 Å². The summed E-state index contributed by atoms with van der Waals surface area (Å²) in [5.74, 6) is 2.96. The van der Waals surface area contributed by atoms with Gasteiger partial charge in [-0.25, -0.2) is 0 Å². The molecule has 1 N–H and O–H groups in total. The minimum absolute atomic E-state index is 0. The number of piperidine rings is 1. The molecule has 7 nitrogen and oxygen atoms in total. The highest BCUT2D eigenvalue weighted by Crippen LogP contribution is 2.45. The Morgan fingerprint density at radius 3 is 1.96 bits per heavy atom. The molecule has 0 saturated carbocycles. The van der Waals surface area contributed by atoms with E-state index in [-0.39, 0.29) is 29.3 Å². The number of carbonyl (C=O) groups is 1. The largest absolute Gasteiger partial charge is 0.493 e. The van der Waals surface area contributed by atoms with Crippen molar-refractivity contribution >= 4 is 18.3 Å². The maximum Gasteiger partial charge on any atom is 0.224 e. The Morgan fingerprint density at radius 2 is 1.32 bits per heavy atom. The molecule has 1 heterocycles. The number of carbonyl (C=O) groups excluding carboxylic acids is 1. The van der Waals surface area contributed by atoms with Crippen molar-refractivity contribution in [3.63, 3.8) is 0 Å². The first-order chi connectivity index (χ1) is 25.4. The lowest BCUT2D eigenvalue weighted by Crippen LogP contribution is -2.55. The zero-order valence-electron chi connectivity index (χ0n) is 32.0. The van der Waals surface area contributed by atoms with E-state index in [0.717, 1.165) is 68.7 Å². The fourth-order valence-electron chi connectivity index (χ4n) is 8.97. The summed E-state index contributed by atoms with van der Waals surface area (Å²) in [5.41, 5.74) is 6.42. The minimum Gasteiger partial charge on any atom is -0.493 e. The van der Waals surface area contributed by atoms with Crippen LogP contribution in [0.3, 0.4) is 0 Å². The molecule has 1 amide bonds. The summed E-state index contributed by atoms with van der Waals surface area (Å²) in [4.78, 5) is 15.9. The lowest BCUT2D eigenvalue weighted by molar-refractivity contribution is -0.120. The first-order valence-corrected chi connectivity index (χ1v) is 19.0. The molecule has 0 bridgehead atoms.